The number of aliphatic imine (C=N–C) groups is 2. The molecule has 0 heterocycles. The molecular formula is C20H16N2OS. The molecule has 3 aromatic carbocycles. The average molecular weight is 332 g/mol. The quantitative estimate of drug-likeness (QED) is 0.502. The highest BCUT2D eigenvalue weighted by atomic mass is 32.1. The molecule has 3 rings (SSSR count). The summed E-state index contributed by atoms with van der Waals surface area (Å²) in [6.45, 7) is 0. The fraction of sp³-hybridized carbons (Fsp3) is 0. The van der Waals surface area contributed by atoms with E-state index in [-0.39, 0.29) is 5.75 Å². The largest absolute Gasteiger partial charge is 0.506 e. The van der Waals surface area contributed by atoms with E-state index in [0.29, 0.717) is 5.69 Å². The van der Waals surface area contributed by atoms with Crippen molar-refractivity contribution in [2.75, 3.05) is 0 Å². The smallest absolute Gasteiger partial charge is 0.141 e. The maximum Gasteiger partial charge on any atom is 0.141 e. The zero-order valence-corrected chi connectivity index (χ0v) is 13.8. The summed E-state index contributed by atoms with van der Waals surface area (Å²) in [4.78, 5) is 9.68. The van der Waals surface area contributed by atoms with Gasteiger partial charge in [-0.1, -0.05) is 48.5 Å². The molecule has 24 heavy (non-hydrogen) atoms. The fourth-order valence-corrected chi connectivity index (χ4v) is 2.39. The molecule has 0 spiro atoms. The maximum atomic E-state index is 9.79. The Hall–Kier alpha value is -2.85. The first-order chi connectivity index (χ1) is 11.7. The first kappa shape index (κ1) is 16.0. The number of aromatic hydroxyl groups is 1. The molecule has 0 fully saturated rings. The number of rotatable bonds is 4. The van der Waals surface area contributed by atoms with E-state index in [1.807, 2.05) is 54.6 Å². The van der Waals surface area contributed by atoms with Crippen LogP contribution in [0.15, 0.2) is 87.7 Å². The van der Waals surface area contributed by atoms with Gasteiger partial charge in [0.2, 0.25) is 0 Å². The third-order valence-electron chi connectivity index (χ3n) is 3.44. The summed E-state index contributed by atoms with van der Waals surface area (Å²) in [5, 5.41) is 9.79. The number of hydrogen-bond acceptors (Lipinski definition) is 4. The van der Waals surface area contributed by atoms with Gasteiger partial charge >= 0.3 is 0 Å². The van der Waals surface area contributed by atoms with Crippen molar-refractivity contribution in [3.8, 4) is 5.75 Å². The molecule has 0 bridgehead atoms. The second kappa shape index (κ2) is 7.62. The Morgan fingerprint density at radius 3 is 1.79 bits per heavy atom. The lowest BCUT2D eigenvalue weighted by atomic mass is 10.1. The molecule has 3 nitrogen and oxygen atoms in total. The lowest BCUT2D eigenvalue weighted by Gasteiger charge is -2.02. The molecule has 3 aromatic rings. The summed E-state index contributed by atoms with van der Waals surface area (Å²) < 4.78 is 0. The van der Waals surface area contributed by atoms with Gasteiger partial charge in [-0.3, -0.25) is 9.98 Å². The van der Waals surface area contributed by atoms with Crippen molar-refractivity contribution in [3.05, 3.63) is 83.9 Å². The highest BCUT2D eigenvalue weighted by molar-refractivity contribution is 7.80. The van der Waals surface area contributed by atoms with E-state index in [1.165, 1.54) is 0 Å². The molecule has 0 radical (unpaired) electrons. The summed E-state index contributed by atoms with van der Waals surface area (Å²) in [5.74, 6) is 0.156. The van der Waals surface area contributed by atoms with Gasteiger partial charge in [0, 0.05) is 28.5 Å². The molecule has 0 saturated carbocycles. The molecule has 4 heteroatoms. The van der Waals surface area contributed by atoms with E-state index in [0.717, 1.165) is 21.7 Å². The molecule has 0 saturated heterocycles. The van der Waals surface area contributed by atoms with Crippen molar-refractivity contribution in [2.24, 2.45) is 9.98 Å². The summed E-state index contributed by atoms with van der Waals surface area (Å²) >= 11 is 4.40. The van der Waals surface area contributed by atoms with Gasteiger partial charge in [-0.05, 0) is 24.3 Å². The minimum Gasteiger partial charge on any atom is -0.506 e. The highest BCUT2D eigenvalue weighted by Gasteiger charge is 2.00. The van der Waals surface area contributed by atoms with Gasteiger partial charge in [-0.2, -0.15) is 0 Å². The highest BCUT2D eigenvalue weighted by Crippen LogP contribution is 2.25. The Morgan fingerprint density at radius 2 is 1.17 bits per heavy atom. The first-order valence-corrected chi connectivity index (χ1v) is 7.92. The van der Waals surface area contributed by atoms with Gasteiger partial charge in [-0.15, -0.1) is 12.6 Å². The van der Waals surface area contributed by atoms with Crippen molar-refractivity contribution >= 4 is 36.4 Å². The number of para-hydroxylation sites is 3. The summed E-state index contributed by atoms with van der Waals surface area (Å²) in [7, 11) is 0. The van der Waals surface area contributed by atoms with Crippen molar-refractivity contribution in [1.82, 2.24) is 0 Å². The Balaban J connectivity index is 1.89. The van der Waals surface area contributed by atoms with Crippen LogP contribution >= 0.6 is 12.6 Å². The van der Waals surface area contributed by atoms with Crippen LogP contribution in [0.5, 0.6) is 5.75 Å². The minimum atomic E-state index is 0.156. The van der Waals surface area contributed by atoms with E-state index in [2.05, 4.69) is 22.6 Å². The van der Waals surface area contributed by atoms with Gasteiger partial charge in [-0.25, -0.2) is 0 Å². The molecule has 0 atom stereocenters. The normalized spacial score (nSPS) is 11.4. The Kier molecular flexibility index (Phi) is 5.08. The van der Waals surface area contributed by atoms with E-state index in [1.54, 1.807) is 30.6 Å². The molecule has 0 aliphatic heterocycles. The Labute approximate surface area is 146 Å². The van der Waals surface area contributed by atoms with E-state index in [9.17, 15) is 5.11 Å². The third kappa shape index (κ3) is 3.91. The lowest BCUT2D eigenvalue weighted by Crippen LogP contribution is -1.90. The number of thiol groups is 1. The van der Waals surface area contributed by atoms with Gasteiger partial charge in [0.05, 0.1) is 5.69 Å². The zero-order valence-electron chi connectivity index (χ0n) is 12.9. The van der Waals surface area contributed by atoms with Gasteiger partial charge in [0.15, 0.2) is 0 Å². The van der Waals surface area contributed by atoms with Crippen molar-refractivity contribution in [3.63, 3.8) is 0 Å². The second-order valence-electron chi connectivity index (χ2n) is 5.12. The predicted octanol–water partition coefficient (Wildman–Crippen LogP) is 5.18. The topological polar surface area (TPSA) is 45.0 Å². The van der Waals surface area contributed by atoms with Crippen molar-refractivity contribution in [1.29, 1.82) is 0 Å². The molecule has 0 unspecified atom stereocenters. The average Bonchev–Trinajstić information content (AvgIpc) is 2.61. The standard InChI is InChI=1S/C20H16N2OS/c23-19-11-5-3-9-17(19)21-13-15-7-1-2-8-16(15)14-22-18-10-4-6-12-20(18)24/h1-14,23-24H. The monoisotopic (exact) mass is 332 g/mol. The van der Waals surface area contributed by atoms with Crippen LogP contribution in [0.25, 0.3) is 0 Å². The number of phenols is 1. The summed E-state index contributed by atoms with van der Waals surface area (Å²) in [6.07, 6.45) is 3.52. The van der Waals surface area contributed by atoms with Crippen LogP contribution in [0.3, 0.4) is 0 Å². The first-order valence-electron chi connectivity index (χ1n) is 7.47. The van der Waals surface area contributed by atoms with Gasteiger partial charge in [0.25, 0.3) is 0 Å². The SMILES string of the molecule is Oc1ccccc1N=Cc1ccccc1C=Nc1ccccc1S. The second-order valence-corrected chi connectivity index (χ2v) is 5.60. The number of nitrogens with zero attached hydrogens (tertiary/aromatic N) is 2. The van der Waals surface area contributed by atoms with E-state index < -0.39 is 0 Å². The van der Waals surface area contributed by atoms with Crippen LogP contribution in [-0.2, 0) is 0 Å². The molecule has 0 aliphatic carbocycles. The molecule has 1 N–H and O–H groups in total. The molecule has 0 aliphatic rings. The van der Waals surface area contributed by atoms with Crippen LogP contribution in [0.2, 0.25) is 0 Å². The predicted molar refractivity (Wildman–Crippen MR) is 103 cm³/mol. The molecule has 0 aromatic heterocycles. The lowest BCUT2D eigenvalue weighted by molar-refractivity contribution is 0.477. The molecule has 0 amide bonds. The van der Waals surface area contributed by atoms with Crippen molar-refractivity contribution < 1.29 is 5.11 Å². The van der Waals surface area contributed by atoms with Crippen LogP contribution in [0.4, 0.5) is 11.4 Å². The Bertz CT molecular complexity index is 829. The van der Waals surface area contributed by atoms with Crippen LogP contribution in [0.1, 0.15) is 11.1 Å². The van der Waals surface area contributed by atoms with Crippen LogP contribution < -0.4 is 0 Å². The third-order valence-corrected chi connectivity index (χ3v) is 3.82. The van der Waals surface area contributed by atoms with Gasteiger partial charge < -0.3 is 5.11 Å². The zero-order chi connectivity index (χ0) is 16.8. The van der Waals surface area contributed by atoms with Crippen molar-refractivity contribution in [2.45, 2.75) is 4.90 Å². The van der Waals surface area contributed by atoms with E-state index >= 15 is 0 Å². The minimum absolute atomic E-state index is 0.156. The summed E-state index contributed by atoms with van der Waals surface area (Å²) in [5.41, 5.74) is 3.20. The number of hydrogen-bond donors (Lipinski definition) is 2. The maximum absolute atomic E-state index is 9.79. The number of phenolic OH excluding ortho intramolecular Hbond substituents is 1. The van der Waals surface area contributed by atoms with Crippen LogP contribution in [-0.4, -0.2) is 17.5 Å². The van der Waals surface area contributed by atoms with Crippen LogP contribution in [0, 0.1) is 0 Å². The number of benzene rings is 3. The molecular weight excluding hydrogens is 316 g/mol. The van der Waals surface area contributed by atoms with E-state index in [4.69, 9.17) is 0 Å². The Morgan fingerprint density at radius 1 is 0.667 bits per heavy atom. The van der Waals surface area contributed by atoms with Gasteiger partial charge in [0.1, 0.15) is 11.4 Å². The molecule has 118 valence electrons. The fourth-order valence-electron chi connectivity index (χ4n) is 2.17. The summed E-state index contributed by atoms with van der Waals surface area (Å²) in [6, 6.07) is 22.5.